The number of fused-ring (bicyclic) bond motifs is 1. The van der Waals surface area contributed by atoms with Gasteiger partial charge in [-0.2, -0.15) is 0 Å². The van der Waals surface area contributed by atoms with Crippen LogP contribution in [-0.4, -0.2) is 40.7 Å². The molecule has 5 nitrogen and oxygen atoms in total. The van der Waals surface area contributed by atoms with Crippen LogP contribution in [0.25, 0.3) is 0 Å². The number of rotatable bonds is 5. The van der Waals surface area contributed by atoms with Gasteiger partial charge in [0.15, 0.2) is 0 Å². The minimum atomic E-state index is 0.322. The van der Waals surface area contributed by atoms with Gasteiger partial charge in [-0.3, -0.25) is 0 Å². The second-order valence-electron chi connectivity index (χ2n) is 14.6. The average Bonchev–Trinajstić information content (AvgIpc) is 3.89. The van der Waals surface area contributed by atoms with Gasteiger partial charge >= 0.3 is 0 Å². The number of hydrogen-bond donors (Lipinski definition) is 4. The molecule has 0 saturated carbocycles. The van der Waals surface area contributed by atoms with E-state index >= 15 is 0 Å². The van der Waals surface area contributed by atoms with Crippen LogP contribution in [0.15, 0.2) is 252 Å². The molecular formula is C74H112O5. The van der Waals surface area contributed by atoms with Gasteiger partial charge in [0.1, 0.15) is 23.4 Å². The Balaban J connectivity index is -0.000000118. The minimum Gasteiger partial charge on any atom is -0.508 e. The lowest BCUT2D eigenvalue weighted by atomic mass is 10.1. The molecule has 7 aromatic rings. The van der Waals surface area contributed by atoms with Crippen molar-refractivity contribution in [2.75, 3.05) is 14.2 Å². The number of allylic oxidation sites excluding steroid dienone is 4. The molecule has 438 valence electrons. The normalized spacial score (nSPS) is 9.19. The molecule has 79 heavy (non-hydrogen) atoms. The Morgan fingerprint density at radius 3 is 1.03 bits per heavy atom. The number of ether oxygens (including phenoxy) is 1. The molecule has 8 rings (SSSR count). The molecule has 0 aliphatic carbocycles. The Morgan fingerprint density at radius 1 is 0.418 bits per heavy atom. The number of aryl methyl sites for hydroxylation is 5. The maximum Gasteiger partial charge on any atom is 0.123 e. The van der Waals surface area contributed by atoms with Crippen LogP contribution in [0.1, 0.15) is 121 Å². The number of aromatic hydroxyl groups is 2. The van der Waals surface area contributed by atoms with Crippen LogP contribution < -0.4 is 4.74 Å². The molecule has 1 unspecified atom stereocenters. The lowest BCUT2D eigenvalue weighted by Gasteiger charge is -2.01. The summed E-state index contributed by atoms with van der Waals surface area (Å²) in [6.07, 6.45) is 10.1. The number of benzene rings is 7. The van der Waals surface area contributed by atoms with Gasteiger partial charge in [-0.1, -0.05) is 293 Å². The van der Waals surface area contributed by atoms with Crippen LogP contribution in [-0.2, 0) is 19.3 Å². The highest BCUT2D eigenvalue weighted by Crippen LogP contribution is 2.29. The Bertz CT molecular complexity index is 2050. The summed E-state index contributed by atoms with van der Waals surface area (Å²) in [5.41, 5.74) is 10.3. The van der Waals surface area contributed by atoms with Crippen LogP contribution in [0.2, 0.25) is 0 Å². The first-order valence-electron chi connectivity index (χ1n) is 27.6. The summed E-state index contributed by atoms with van der Waals surface area (Å²) >= 11 is 0. The Morgan fingerprint density at radius 2 is 0.734 bits per heavy atom. The van der Waals surface area contributed by atoms with Crippen molar-refractivity contribution in [3.63, 3.8) is 0 Å². The zero-order valence-corrected chi connectivity index (χ0v) is 52.8. The van der Waals surface area contributed by atoms with Crippen LogP contribution in [0.5, 0.6) is 17.2 Å². The molecule has 5 heteroatoms. The maximum absolute atomic E-state index is 9.19. The van der Waals surface area contributed by atoms with Gasteiger partial charge in [-0.05, 0) is 101 Å². The predicted molar refractivity (Wildman–Crippen MR) is 358 cm³/mol. The summed E-state index contributed by atoms with van der Waals surface area (Å²) in [5.74, 6) is 1.74. The third-order valence-electron chi connectivity index (χ3n) is 8.78. The molecule has 0 aromatic heterocycles. The molecule has 1 heterocycles. The molecule has 0 saturated heterocycles. The zero-order valence-electron chi connectivity index (χ0n) is 52.8. The zero-order chi connectivity index (χ0) is 62.5. The number of para-hydroxylation sites is 2. The van der Waals surface area contributed by atoms with Gasteiger partial charge in [0, 0.05) is 20.6 Å². The largest absolute Gasteiger partial charge is 0.508 e. The number of aliphatic hydroxyl groups excluding tert-OH is 2. The van der Waals surface area contributed by atoms with E-state index in [9.17, 15) is 5.11 Å². The summed E-state index contributed by atoms with van der Waals surface area (Å²) in [5, 5.41) is 31.8. The lowest BCUT2D eigenvalue weighted by molar-refractivity contribution is 0.254. The van der Waals surface area contributed by atoms with E-state index in [4.69, 9.17) is 20.1 Å². The first-order valence-corrected chi connectivity index (χ1v) is 27.6. The molecule has 0 bridgehead atoms. The molecule has 0 spiro atoms. The number of hydrogen-bond acceptors (Lipinski definition) is 5. The van der Waals surface area contributed by atoms with E-state index in [1.807, 2.05) is 154 Å². The highest BCUT2D eigenvalue weighted by Gasteiger charge is 2.17. The first kappa shape index (κ1) is 88.2. The van der Waals surface area contributed by atoms with Crippen molar-refractivity contribution < 1.29 is 25.2 Å². The molecule has 1 aliphatic heterocycles. The summed E-state index contributed by atoms with van der Waals surface area (Å²) in [6, 6.07) is 61.5. The average molecular weight is 1080 g/mol. The standard InChI is InChI=1S/C10H12O.C10H12.C9H10O.3C7H8.C6H6O.C4H6.5C2H6.C2H4.2CH4O/c1-7-3-4-10-9(5-7)6-8(2)11-10;1-3-6-10-8-5-4-7-9(10)2;1-2-5-8-6-3-4-7-9(8)10;3*1-7-5-3-2-4-6-7;7-6-4-2-1-3-5-6;1-3-4-2;8*1-2/h3-5,8H,6H2,1-2H3;3-5,7-8H,1,6H2,2H3;2-4,6-7,10H,1,5H2;3*2-6H,1H3;1-5,7H;3-4H,1-2H2;5*1-2H3;1-2H2;2*2H,1H3. The second-order valence-corrected chi connectivity index (χ2v) is 14.6. The lowest BCUT2D eigenvalue weighted by Crippen LogP contribution is -2.05. The van der Waals surface area contributed by atoms with E-state index in [0.29, 0.717) is 17.6 Å². The van der Waals surface area contributed by atoms with Crippen molar-refractivity contribution >= 4 is 0 Å². The number of phenols is 2. The molecule has 0 radical (unpaired) electrons. The fourth-order valence-corrected chi connectivity index (χ4v) is 5.42. The van der Waals surface area contributed by atoms with E-state index in [2.05, 4.69) is 160 Å². The number of phenolic OH excluding ortho intramolecular Hbond substituents is 2. The predicted octanol–water partition coefficient (Wildman–Crippen LogP) is 21.0. The van der Waals surface area contributed by atoms with Gasteiger partial charge < -0.3 is 25.2 Å². The quantitative estimate of drug-likeness (QED) is 0.102. The van der Waals surface area contributed by atoms with Crippen molar-refractivity contribution in [2.45, 2.75) is 136 Å². The molecule has 0 fully saturated rings. The summed E-state index contributed by atoms with van der Waals surface area (Å²) in [4.78, 5) is 0. The maximum atomic E-state index is 9.19. The van der Waals surface area contributed by atoms with Crippen molar-refractivity contribution in [3.8, 4) is 17.2 Å². The van der Waals surface area contributed by atoms with Crippen molar-refractivity contribution in [1.29, 1.82) is 0 Å². The van der Waals surface area contributed by atoms with Gasteiger partial charge in [0.25, 0.3) is 0 Å². The van der Waals surface area contributed by atoms with Crippen LogP contribution in [0, 0.1) is 34.6 Å². The van der Waals surface area contributed by atoms with Crippen LogP contribution in [0.3, 0.4) is 0 Å². The Hall–Kier alpha value is -7.44. The molecule has 1 aliphatic rings. The topological polar surface area (TPSA) is 90.2 Å². The summed E-state index contributed by atoms with van der Waals surface area (Å²) < 4.78 is 5.56. The number of aliphatic hydroxyl groups is 2. The van der Waals surface area contributed by atoms with E-state index < -0.39 is 0 Å². The van der Waals surface area contributed by atoms with Gasteiger partial charge in [0.2, 0.25) is 0 Å². The summed E-state index contributed by atoms with van der Waals surface area (Å²) in [7, 11) is 2.00. The SMILES string of the molecule is C=C.C=CC=C.C=CCc1ccccc1C.C=CCc1ccccc1O.CC.CC.CC.CC.CC.CO.CO.Cc1ccc2c(c1)CC(C)O2.Cc1ccccc1.Cc1ccccc1.Cc1ccccc1.Oc1ccccc1. The molecular weight excluding hydrogens is 969 g/mol. The van der Waals surface area contributed by atoms with E-state index in [1.54, 1.807) is 48.6 Å². The fourth-order valence-electron chi connectivity index (χ4n) is 5.42. The minimum absolute atomic E-state index is 0.322. The fraction of sp³-hybridized carbons (Fsp3) is 0.297. The van der Waals surface area contributed by atoms with E-state index in [0.717, 1.165) is 44.8 Å². The van der Waals surface area contributed by atoms with Crippen molar-refractivity contribution in [3.05, 3.63) is 296 Å². The molecule has 0 amide bonds. The van der Waals surface area contributed by atoms with Crippen molar-refractivity contribution in [1.82, 2.24) is 0 Å². The van der Waals surface area contributed by atoms with Gasteiger partial charge in [0.05, 0.1) is 0 Å². The molecule has 1 atom stereocenters. The summed E-state index contributed by atoms with van der Waals surface area (Å²) in [6.45, 7) is 52.6. The first-order chi connectivity index (χ1) is 38.4. The monoisotopic (exact) mass is 1080 g/mol. The van der Waals surface area contributed by atoms with Crippen molar-refractivity contribution in [2.24, 2.45) is 0 Å². The molecule has 4 N–H and O–H groups in total. The Labute approximate surface area is 486 Å². The highest BCUT2D eigenvalue weighted by atomic mass is 16.5. The van der Waals surface area contributed by atoms with Gasteiger partial charge in [-0.25, -0.2) is 0 Å². The van der Waals surface area contributed by atoms with Gasteiger partial charge in [-0.15, -0.1) is 26.3 Å². The molecule has 7 aromatic carbocycles. The third-order valence-corrected chi connectivity index (χ3v) is 8.78. The van der Waals surface area contributed by atoms with Crippen LogP contribution in [0.4, 0.5) is 0 Å². The second kappa shape index (κ2) is 74.8. The van der Waals surface area contributed by atoms with E-state index in [1.165, 1.54) is 38.9 Å². The van der Waals surface area contributed by atoms with Crippen LogP contribution >= 0.6 is 0 Å². The smallest absolute Gasteiger partial charge is 0.123 e. The van der Waals surface area contributed by atoms with E-state index in [-0.39, 0.29) is 0 Å². The Kier molecular flexibility index (Phi) is 83.5. The highest BCUT2D eigenvalue weighted by molar-refractivity contribution is 5.40. The third kappa shape index (κ3) is 59.7.